The third-order valence-electron chi connectivity index (χ3n) is 5.01. The predicted molar refractivity (Wildman–Crippen MR) is 102 cm³/mol. The molecule has 0 spiro atoms. The molecular weight excluding hydrogens is 310 g/mol. The van der Waals surface area contributed by atoms with Crippen molar-refractivity contribution in [3.05, 3.63) is 65.2 Å². The van der Waals surface area contributed by atoms with E-state index < -0.39 is 0 Å². The fourth-order valence-corrected chi connectivity index (χ4v) is 3.37. The molecule has 1 aliphatic heterocycles. The van der Waals surface area contributed by atoms with Crippen molar-refractivity contribution in [3.8, 4) is 5.75 Å². The van der Waals surface area contributed by atoms with E-state index in [1.807, 2.05) is 12.1 Å². The van der Waals surface area contributed by atoms with Gasteiger partial charge in [-0.3, -0.25) is 0 Å². The van der Waals surface area contributed by atoms with Crippen LogP contribution in [0.1, 0.15) is 36.0 Å². The fourth-order valence-electron chi connectivity index (χ4n) is 3.37. The van der Waals surface area contributed by atoms with Gasteiger partial charge in [-0.05, 0) is 62.4 Å². The Bertz CT molecular complexity index is 645. The number of aliphatic hydroxyl groups excluding tert-OH is 1. The van der Waals surface area contributed by atoms with Gasteiger partial charge in [-0.1, -0.05) is 42.0 Å². The monoisotopic (exact) mass is 339 g/mol. The first-order chi connectivity index (χ1) is 12.2. The van der Waals surface area contributed by atoms with E-state index in [1.54, 1.807) is 0 Å². The topological polar surface area (TPSA) is 32.7 Å². The number of ether oxygens (including phenoxy) is 1. The van der Waals surface area contributed by atoms with E-state index in [9.17, 15) is 5.11 Å². The number of nitrogens with zero attached hydrogens (tertiary/aromatic N) is 1. The Hall–Kier alpha value is -1.84. The Kier molecular flexibility index (Phi) is 6.48. The molecule has 0 bridgehead atoms. The average molecular weight is 339 g/mol. The molecule has 3 rings (SSSR count). The van der Waals surface area contributed by atoms with Crippen LogP contribution in [0, 0.1) is 6.92 Å². The molecule has 0 aromatic heterocycles. The van der Waals surface area contributed by atoms with Crippen LogP contribution in [0.4, 0.5) is 0 Å². The zero-order valence-corrected chi connectivity index (χ0v) is 15.2. The van der Waals surface area contributed by atoms with Crippen LogP contribution in [-0.2, 0) is 13.0 Å². The summed E-state index contributed by atoms with van der Waals surface area (Å²) in [7, 11) is 0. The third kappa shape index (κ3) is 5.58. The van der Waals surface area contributed by atoms with Crippen molar-refractivity contribution in [3.63, 3.8) is 0 Å². The third-order valence-corrected chi connectivity index (χ3v) is 5.01. The second-order valence-electron chi connectivity index (χ2n) is 7.05. The molecule has 0 atom stereocenters. The van der Waals surface area contributed by atoms with Gasteiger partial charge in [-0.25, -0.2) is 0 Å². The van der Waals surface area contributed by atoms with Gasteiger partial charge in [0.25, 0.3) is 0 Å². The average Bonchev–Trinajstić information content (AvgIpc) is 2.64. The zero-order chi connectivity index (χ0) is 17.5. The zero-order valence-electron chi connectivity index (χ0n) is 15.2. The largest absolute Gasteiger partial charge is 0.489 e. The Morgan fingerprint density at radius 1 is 1.00 bits per heavy atom. The lowest BCUT2D eigenvalue weighted by molar-refractivity contribution is 0.0821. The summed E-state index contributed by atoms with van der Waals surface area (Å²) in [6, 6.07) is 16.8. The summed E-state index contributed by atoms with van der Waals surface area (Å²) in [5, 5.41) is 9.59. The number of hydrogen-bond acceptors (Lipinski definition) is 3. The maximum Gasteiger partial charge on any atom is 0.119 e. The van der Waals surface area contributed by atoms with Crippen LogP contribution in [0.25, 0.3) is 0 Å². The second kappa shape index (κ2) is 9.02. The lowest BCUT2D eigenvalue weighted by Gasteiger charge is -2.29. The van der Waals surface area contributed by atoms with Gasteiger partial charge in [0.15, 0.2) is 0 Å². The number of benzene rings is 2. The standard InChI is InChI=1S/C22H29NO2/c1-18-8-10-22(11-9-18)25-17-20-6-3-2-5-19(20)7-4-14-23-15-12-21(24)13-16-23/h2-3,5-6,8-11,21,24H,4,7,12-17H2,1H3. The summed E-state index contributed by atoms with van der Waals surface area (Å²) in [5.74, 6) is 0.923. The van der Waals surface area contributed by atoms with Crippen LogP contribution in [-0.4, -0.2) is 35.7 Å². The number of aliphatic hydroxyl groups is 1. The van der Waals surface area contributed by atoms with Gasteiger partial charge >= 0.3 is 0 Å². The van der Waals surface area contributed by atoms with Gasteiger partial charge in [0.2, 0.25) is 0 Å². The predicted octanol–water partition coefficient (Wildman–Crippen LogP) is 3.96. The first-order valence-corrected chi connectivity index (χ1v) is 9.37. The molecule has 2 aromatic rings. The smallest absolute Gasteiger partial charge is 0.119 e. The second-order valence-corrected chi connectivity index (χ2v) is 7.05. The van der Waals surface area contributed by atoms with Crippen molar-refractivity contribution in [2.24, 2.45) is 0 Å². The minimum atomic E-state index is -0.0871. The van der Waals surface area contributed by atoms with E-state index in [4.69, 9.17) is 4.74 Å². The van der Waals surface area contributed by atoms with Crippen LogP contribution >= 0.6 is 0 Å². The van der Waals surface area contributed by atoms with Crippen molar-refractivity contribution in [2.45, 2.75) is 45.3 Å². The molecule has 0 amide bonds. The minimum Gasteiger partial charge on any atom is -0.489 e. The number of likely N-dealkylation sites (tertiary alicyclic amines) is 1. The van der Waals surface area contributed by atoms with Crippen molar-refractivity contribution in [1.82, 2.24) is 4.90 Å². The summed E-state index contributed by atoms with van der Waals surface area (Å²) < 4.78 is 5.96. The normalized spacial score (nSPS) is 16.1. The Labute approximate surface area is 151 Å². The van der Waals surface area contributed by atoms with Crippen molar-refractivity contribution >= 4 is 0 Å². The molecule has 0 aliphatic carbocycles. The van der Waals surface area contributed by atoms with E-state index in [-0.39, 0.29) is 6.10 Å². The number of rotatable bonds is 7. The molecule has 134 valence electrons. The highest BCUT2D eigenvalue weighted by Gasteiger charge is 2.16. The molecule has 0 unspecified atom stereocenters. The number of piperidine rings is 1. The number of hydrogen-bond donors (Lipinski definition) is 1. The van der Waals surface area contributed by atoms with Crippen LogP contribution < -0.4 is 4.74 Å². The summed E-state index contributed by atoms with van der Waals surface area (Å²) >= 11 is 0. The van der Waals surface area contributed by atoms with Crippen LogP contribution in [0.5, 0.6) is 5.75 Å². The highest BCUT2D eigenvalue weighted by Crippen LogP contribution is 2.18. The molecule has 1 fully saturated rings. The molecule has 1 N–H and O–H groups in total. The van der Waals surface area contributed by atoms with Gasteiger partial charge in [0, 0.05) is 13.1 Å². The van der Waals surface area contributed by atoms with Crippen molar-refractivity contribution in [2.75, 3.05) is 19.6 Å². The van der Waals surface area contributed by atoms with Gasteiger partial charge in [0.05, 0.1) is 6.10 Å². The summed E-state index contributed by atoms with van der Waals surface area (Å²) in [6.45, 7) is 5.87. The molecule has 0 radical (unpaired) electrons. The van der Waals surface area contributed by atoms with Gasteiger partial charge in [-0.15, -0.1) is 0 Å². The molecule has 0 saturated carbocycles. The SMILES string of the molecule is Cc1ccc(OCc2ccccc2CCCN2CCC(O)CC2)cc1. The van der Waals surface area contributed by atoms with Crippen LogP contribution in [0.3, 0.4) is 0 Å². The van der Waals surface area contributed by atoms with E-state index in [2.05, 4.69) is 48.2 Å². The highest BCUT2D eigenvalue weighted by molar-refractivity contribution is 5.29. The Morgan fingerprint density at radius 3 is 2.40 bits per heavy atom. The summed E-state index contributed by atoms with van der Waals surface area (Å²) in [5.41, 5.74) is 3.90. The highest BCUT2D eigenvalue weighted by atomic mass is 16.5. The Morgan fingerprint density at radius 2 is 1.68 bits per heavy atom. The molecule has 1 aliphatic rings. The molecule has 1 heterocycles. The lowest BCUT2D eigenvalue weighted by Crippen LogP contribution is -2.36. The Balaban J connectivity index is 1.49. The summed E-state index contributed by atoms with van der Waals surface area (Å²) in [4.78, 5) is 2.47. The molecule has 3 nitrogen and oxygen atoms in total. The van der Waals surface area contributed by atoms with Gasteiger partial charge in [-0.2, -0.15) is 0 Å². The first kappa shape index (κ1) is 18.0. The molecule has 2 aromatic carbocycles. The molecule has 1 saturated heterocycles. The fraction of sp³-hybridized carbons (Fsp3) is 0.455. The summed E-state index contributed by atoms with van der Waals surface area (Å²) in [6.07, 6.45) is 3.97. The maximum atomic E-state index is 9.59. The van der Waals surface area contributed by atoms with E-state index in [1.165, 1.54) is 16.7 Å². The first-order valence-electron chi connectivity index (χ1n) is 9.37. The molecular formula is C22H29NO2. The van der Waals surface area contributed by atoms with E-state index in [0.29, 0.717) is 6.61 Å². The van der Waals surface area contributed by atoms with E-state index in [0.717, 1.165) is 51.1 Å². The van der Waals surface area contributed by atoms with Crippen LogP contribution in [0.15, 0.2) is 48.5 Å². The van der Waals surface area contributed by atoms with Crippen molar-refractivity contribution < 1.29 is 9.84 Å². The molecule has 3 heteroatoms. The number of aryl methyl sites for hydroxylation is 2. The van der Waals surface area contributed by atoms with Gasteiger partial charge in [0.1, 0.15) is 12.4 Å². The maximum absolute atomic E-state index is 9.59. The van der Waals surface area contributed by atoms with Gasteiger partial charge < -0.3 is 14.7 Å². The minimum absolute atomic E-state index is 0.0871. The van der Waals surface area contributed by atoms with Crippen molar-refractivity contribution in [1.29, 1.82) is 0 Å². The van der Waals surface area contributed by atoms with E-state index >= 15 is 0 Å². The molecule has 25 heavy (non-hydrogen) atoms. The van der Waals surface area contributed by atoms with Crippen LogP contribution in [0.2, 0.25) is 0 Å². The lowest BCUT2D eigenvalue weighted by atomic mass is 10.0. The quantitative estimate of drug-likeness (QED) is 0.829.